The molecule has 1 aliphatic heterocycles. The van der Waals surface area contributed by atoms with E-state index in [0.717, 1.165) is 24.2 Å². The number of nitrogens with zero attached hydrogens (tertiary/aromatic N) is 1. The summed E-state index contributed by atoms with van der Waals surface area (Å²) >= 11 is 0. The first-order chi connectivity index (χ1) is 9.20. The standard InChI is InChI=1S/C14H13FN2O2/c1-19-14(18)13-9-6-8(15)2-3-11(9)17-12-4-5-16-7-10(12)13/h2-3,6,16H,4-5,7H2,1H3. The maximum atomic E-state index is 13.4. The molecule has 0 unspecified atom stereocenters. The highest BCUT2D eigenvalue weighted by molar-refractivity contribution is 6.05. The minimum Gasteiger partial charge on any atom is -0.465 e. The van der Waals surface area contributed by atoms with Crippen LogP contribution < -0.4 is 5.32 Å². The van der Waals surface area contributed by atoms with E-state index in [4.69, 9.17) is 4.74 Å². The van der Waals surface area contributed by atoms with Crippen LogP contribution in [0.3, 0.4) is 0 Å². The van der Waals surface area contributed by atoms with E-state index in [1.807, 2.05) is 0 Å². The van der Waals surface area contributed by atoms with Crippen LogP contribution in [-0.2, 0) is 17.7 Å². The number of ether oxygens (including phenoxy) is 1. The number of esters is 1. The number of hydrogen-bond donors (Lipinski definition) is 1. The van der Waals surface area contributed by atoms with E-state index in [1.165, 1.54) is 19.2 Å². The number of fused-ring (bicyclic) bond motifs is 2. The lowest BCUT2D eigenvalue weighted by Crippen LogP contribution is -2.27. The lowest BCUT2D eigenvalue weighted by atomic mass is 9.96. The molecule has 0 bridgehead atoms. The topological polar surface area (TPSA) is 51.2 Å². The predicted molar refractivity (Wildman–Crippen MR) is 68.5 cm³/mol. The monoisotopic (exact) mass is 260 g/mol. The summed E-state index contributed by atoms with van der Waals surface area (Å²) in [4.78, 5) is 16.5. The number of hydrogen-bond acceptors (Lipinski definition) is 4. The number of aromatic nitrogens is 1. The van der Waals surface area contributed by atoms with Crippen LogP contribution >= 0.6 is 0 Å². The molecule has 0 saturated heterocycles. The Labute approximate surface area is 109 Å². The van der Waals surface area contributed by atoms with Gasteiger partial charge in [0.05, 0.1) is 18.2 Å². The van der Waals surface area contributed by atoms with E-state index < -0.39 is 5.97 Å². The fourth-order valence-electron chi connectivity index (χ4n) is 2.48. The zero-order valence-electron chi connectivity index (χ0n) is 10.5. The van der Waals surface area contributed by atoms with E-state index in [-0.39, 0.29) is 5.82 Å². The molecule has 0 amide bonds. The van der Waals surface area contributed by atoms with Gasteiger partial charge in [0.25, 0.3) is 0 Å². The van der Waals surface area contributed by atoms with Crippen LogP contribution in [-0.4, -0.2) is 24.6 Å². The highest BCUT2D eigenvalue weighted by Crippen LogP contribution is 2.27. The van der Waals surface area contributed by atoms with Crippen molar-refractivity contribution in [3.05, 3.63) is 40.8 Å². The molecular weight excluding hydrogens is 247 g/mol. The summed E-state index contributed by atoms with van der Waals surface area (Å²) < 4.78 is 18.3. The van der Waals surface area contributed by atoms with Crippen molar-refractivity contribution in [3.63, 3.8) is 0 Å². The minimum absolute atomic E-state index is 0.386. The van der Waals surface area contributed by atoms with E-state index in [9.17, 15) is 9.18 Å². The van der Waals surface area contributed by atoms with Crippen molar-refractivity contribution in [2.75, 3.05) is 13.7 Å². The average Bonchev–Trinajstić information content (AvgIpc) is 2.44. The van der Waals surface area contributed by atoms with Crippen LogP contribution in [0.2, 0.25) is 0 Å². The van der Waals surface area contributed by atoms with Gasteiger partial charge in [0.2, 0.25) is 0 Å². The summed E-state index contributed by atoms with van der Waals surface area (Å²) in [5.74, 6) is -0.832. The lowest BCUT2D eigenvalue weighted by molar-refractivity contribution is 0.0601. The van der Waals surface area contributed by atoms with Gasteiger partial charge in [-0.05, 0) is 18.2 Å². The predicted octanol–water partition coefficient (Wildman–Crippen LogP) is 1.81. The van der Waals surface area contributed by atoms with Gasteiger partial charge >= 0.3 is 5.97 Å². The molecule has 4 nitrogen and oxygen atoms in total. The maximum absolute atomic E-state index is 13.4. The zero-order valence-corrected chi connectivity index (χ0v) is 10.5. The SMILES string of the molecule is COC(=O)c1c2c(nc3ccc(F)cc13)CCNC2. The number of benzene rings is 1. The van der Waals surface area contributed by atoms with Gasteiger partial charge in [-0.1, -0.05) is 0 Å². The second-order valence-corrected chi connectivity index (χ2v) is 4.49. The molecule has 1 aromatic carbocycles. The molecule has 0 spiro atoms. The van der Waals surface area contributed by atoms with E-state index in [2.05, 4.69) is 10.3 Å². The number of pyridine rings is 1. The van der Waals surface area contributed by atoms with E-state index >= 15 is 0 Å². The molecule has 0 fully saturated rings. The van der Waals surface area contributed by atoms with Crippen LogP contribution in [0.1, 0.15) is 21.6 Å². The second-order valence-electron chi connectivity index (χ2n) is 4.49. The number of carbonyl (C=O) groups is 1. The van der Waals surface area contributed by atoms with Crippen molar-refractivity contribution in [1.29, 1.82) is 0 Å². The van der Waals surface area contributed by atoms with Crippen LogP contribution in [0.15, 0.2) is 18.2 Å². The quantitative estimate of drug-likeness (QED) is 0.794. The summed E-state index contributed by atoms with van der Waals surface area (Å²) in [6, 6.07) is 4.28. The summed E-state index contributed by atoms with van der Waals surface area (Å²) in [6.07, 6.45) is 0.757. The molecule has 5 heteroatoms. The van der Waals surface area contributed by atoms with E-state index in [1.54, 1.807) is 6.07 Å². The summed E-state index contributed by atoms with van der Waals surface area (Å²) in [6.45, 7) is 1.38. The van der Waals surface area contributed by atoms with Crippen molar-refractivity contribution in [3.8, 4) is 0 Å². The van der Waals surface area contributed by atoms with Crippen molar-refractivity contribution in [2.24, 2.45) is 0 Å². The highest BCUT2D eigenvalue weighted by Gasteiger charge is 2.23. The molecule has 3 rings (SSSR count). The molecule has 0 radical (unpaired) electrons. The number of methoxy groups -OCH3 is 1. The third-order valence-corrected chi connectivity index (χ3v) is 3.36. The molecule has 2 aromatic rings. The van der Waals surface area contributed by atoms with Gasteiger partial charge in [-0.25, -0.2) is 9.18 Å². The minimum atomic E-state index is -0.446. The first kappa shape index (κ1) is 12.0. The highest BCUT2D eigenvalue weighted by atomic mass is 19.1. The molecule has 0 aliphatic carbocycles. The van der Waals surface area contributed by atoms with Crippen molar-refractivity contribution in [2.45, 2.75) is 13.0 Å². The second kappa shape index (κ2) is 4.59. The normalized spacial score (nSPS) is 14.2. The Hall–Kier alpha value is -2.01. The molecule has 0 atom stereocenters. The van der Waals surface area contributed by atoms with Crippen molar-refractivity contribution < 1.29 is 13.9 Å². The summed E-state index contributed by atoms with van der Waals surface area (Å²) in [5, 5.41) is 3.71. The number of halogens is 1. The van der Waals surface area contributed by atoms with Gasteiger partial charge in [0.15, 0.2) is 0 Å². The molecule has 1 aromatic heterocycles. The van der Waals surface area contributed by atoms with Gasteiger partial charge in [-0.15, -0.1) is 0 Å². The molecule has 0 saturated carbocycles. The van der Waals surface area contributed by atoms with Crippen molar-refractivity contribution in [1.82, 2.24) is 10.3 Å². The molecule has 1 N–H and O–H groups in total. The maximum Gasteiger partial charge on any atom is 0.338 e. The Morgan fingerprint density at radius 1 is 1.47 bits per heavy atom. The van der Waals surface area contributed by atoms with Crippen LogP contribution in [0.25, 0.3) is 10.9 Å². The molecule has 2 heterocycles. The Morgan fingerprint density at radius 2 is 2.32 bits per heavy atom. The average molecular weight is 260 g/mol. The van der Waals surface area contributed by atoms with Gasteiger partial charge in [0.1, 0.15) is 5.82 Å². The van der Waals surface area contributed by atoms with E-state index in [0.29, 0.717) is 23.0 Å². The summed E-state index contributed by atoms with van der Waals surface area (Å²) in [7, 11) is 1.33. The van der Waals surface area contributed by atoms with Crippen molar-refractivity contribution >= 4 is 16.9 Å². The zero-order chi connectivity index (χ0) is 13.4. The smallest absolute Gasteiger partial charge is 0.338 e. The Kier molecular flexibility index (Phi) is 2.91. The van der Waals surface area contributed by atoms with Gasteiger partial charge in [-0.3, -0.25) is 4.98 Å². The molecular formula is C14H13FN2O2. The number of nitrogens with one attached hydrogen (secondary N) is 1. The lowest BCUT2D eigenvalue weighted by Gasteiger charge is -2.20. The molecule has 19 heavy (non-hydrogen) atoms. The van der Waals surface area contributed by atoms with Crippen LogP contribution in [0.4, 0.5) is 4.39 Å². The Balaban J connectivity index is 2.37. The summed E-state index contributed by atoms with van der Waals surface area (Å²) in [5.41, 5.74) is 2.76. The van der Waals surface area contributed by atoms with Gasteiger partial charge in [-0.2, -0.15) is 0 Å². The Morgan fingerprint density at radius 3 is 3.11 bits per heavy atom. The number of rotatable bonds is 1. The van der Waals surface area contributed by atoms with Crippen LogP contribution in [0.5, 0.6) is 0 Å². The largest absolute Gasteiger partial charge is 0.465 e. The molecule has 1 aliphatic rings. The third-order valence-electron chi connectivity index (χ3n) is 3.36. The fourth-order valence-corrected chi connectivity index (χ4v) is 2.48. The molecule has 98 valence electrons. The number of carbonyl (C=O) groups excluding carboxylic acids is 1. The van der Waals surface area contributed by atoms with Gasteiger partial charge in [0, 0.05) is 36.2 Å². The first-order valence-electron chi connectivity index (χ1n) is 6.10. The van der Waals surface area contributed by atoms with Crippen LogP contribution in [0, 0.1) is 5.82 Å². The fraction of sp³-hybridized carbons (Fsp3) is 0.286. The third kappa shape index (κ3) is 1.96. The Bertz CT molecular complexity index is 670. The first-order valence-corrected chi connectivity index (χ1v) is 6.10. The van der Waals surface area contributed by atoms with Gasteiger partial charge < -0.3 is 10.1 Å².